The van der Waals surface area contributed by atoms with Crippen molar-refractivity contribution in [2.75, 3.05) is 6.54 Å². The van der Waals surface area contributed by atoms with Gasteiger partial charge in [-0.2, -0.15) is 0 Å². The Morgan fingerprint density at radius 1 is 1.09 bits per heavy atom. The minimum atomic E-state index is -0.367. The minimum absolute atomic E-state index is 0.0762. The first-order chi connectivity index (χ1) is 15.9. The molecule has 5 rings (SSSR count). The molecule has 7 heteroatoms. The molecule has 168 valence electrons. The zero-order chi connectivity index (χ0) is 23.1. The van der Waals surface area contributed by atoms with Crippen molar-refractivity contribution in [1.29, 1.82) is 0 Å². The number of hydrogen-bond acceptors (Lipinski definition) is 5. The van der Waals surface area contributed by atoms with E-state index >= 15 is 0 Å². The van der Waals surface area contributed by atoms with Crippen LogP contribution in [0.15, 0.2) is 63.9 Å². The lowest BCUT2D eigenvalue weighted by Crippen LogP contribution is -2.40. The fourth-order valence-electron chi connectivity index (χ4n) is 4.45. The number of carbonyl (C=O) groups excluding carboxylic acids is 1. The van der Waals surface area contributed by atoms with Crippen LogP contribution in [0.4, 0.5) is 0 Å². The van der Waals surface area contributed by atoms with Crippen LogP contribution in [0.5, 0.6) is 0 Å². The predicted molar refractivity (Wildman–Crippen MR) is 136 cm³/mol. The summed E-state index contributed by atoms with van der Waals surface area (Å²) in [5.41, 5.74) is 4.61. The second-order valence-electron chi connectivity index (χ2n) is 8.43. The quantitative estimate of drug-likeness (QED) is 0.303. The van der Waals surface area contributed by atoms with E-state index in [0.717, 1.165) is 29.8 Å². The molecule has 5 nitrogen and oxygen atoms in total. The van der Waals surface area contributed by atoms with Crippen LogP contribution >= 0.6 is 23.1 Å². The number of rotatable bonds is 4. The molecule has 33 heavy (non-hydrogen) atoms. The second-order valence-corrected chi connectivity index (χ2v) is 10.7. The van der Waals surface area contributed by atoms with Crippen molar-refractivity contribution in [1.82, 2.24) is 14.5 Å². The fraction of sp³-hybridized carbons (Fsp3) is 0.269. The third kappa shape index (κ3) is 4.00. The van der Waals surface area contributed by atoms with Gasteiger partial charge in [0.15, 0.2) is 5.16 Å². The zero-order valence-corrected chi connectivity index (χ0v) is 20.5. The summed E-state index contributed by atoms with van der Waals surface area (Å²) in [6.45, 7) is 7.29. The van der Waals surface area contributed by atoms with Crippen molar-refractivity contribution >= 4 is 39.9 Å². The number of thioether (sulfide) groups is 1. The summed E-state index contributed by atoms with van der Waals surface area (Å²) in [7, 11) is 0. The van der Waals surface area contributed by atoms with Crippen LogP contribution in [0.3, 0.4) is 0 Å². The number of amides is 1. The number of hydrogen-bond donors (Lipinski definition) is 0. The van der Waals surface area contributed by atoms with Crippen molar-refractivity contribution in [3.05, 3.63) is 85.8 Å². The predicted octanol–water partition coefficient (Wildman–Crippen LogP) is 5.13. The van der Waals surface area contributed by atoms with Crippen LogP contribution in [0.2, 0.25) is 0 Å². The molecule has 1 atom stereocenters. The van der Waals surface area contributed by atoms with Crippen molar-refractivity contribution in [3.8, 4) is 5.69 Å². The fourth-order valence-corrected chi connectivity index (χ4v) is 6.34. The Bertz CT molecular complexity index is 1400. The third-order valence-electron chi connectivity index (χ3n) is 6.16. The first-order valence-electron chi connectivity index (χ1n) is 11.0. The molecule has 1 amide bonds. The van der Waals surface area contributed by atoms with Gasteiger partial charge in [-0.3, -0.25) is 14.2 Å². The van der Waals surface area contributed by atoms with E-state index in [1.54, 1.807) is 15.9 Å². The molecule has 3 heterocycles. The SMILES string of the molecule is Cc1cccc(C)c1-n1c(SC(C)C(=O)N2CCc3sccc3C2)nc2ccccc2c1=O. The molecule has 0 N–H and O–H groups in total. The zero-order valence-electron chi connectivity index (χ0n) is 18.9. The number of carbonyl (C=O) groups is 1. The average Bonchev–Trinajstić information content (AvgIpc) is 3.28. The van der Waals surface area contributed by atoms with Crippen LogP contribution in [0.1, 0.15) is 28.5 Å². The molecule has 0 saturated carbocycles. The lowest BCUT2D eigenvalue weighted by Gasteiger charge is -2.29. The summed E-state index contributed by atoms with van der Waals surface area (Å²) in [5.74, 6) is 0.0762. The number of aryl methyl sites for hydroxylation is 2. The Kier molecular flexibility index (Phi) is 5.85. The maximum atomic E-state index is 13.6. The topological polar surface area (TPSA) is 55.2 Å². The molecule has 0 aliphatic carbocycles. The normalized spacial score (nSPS) is 14.3. The Hall–Kier alpha value is -2.90. The van der Waals surface area contributed by atoms with Crippen molar-refractivity contribution in [2.45, 2.75) is 44.1 Å². The van der Waals surface area contributed by atoms with Gasteiger partial charge in [0.05, 0.1) is 21.8 Å². The maximum Gasteiger partial charge on any atom is 0.266 e. The molecule has 2 aromatic heterocycles. The maximum absolute atomic E-state index is 13.6. The van der Waals surface area contributed by atoms with Crippen molar-refractivity contribution in [2.24, 2.45) is 0 Å². The summed E-state index contributed by atoms with van der Waals surface area (Å²) >= 11 is 3.12. The van der Waals surface area contributed by atoms with E-state index in [9.17, 15) is 9.59 Å². The van der Waals surface area contributed by atoms with Crippen LogP contribution < -0.4 is 5.56 Å². The minimum Gasteiger partial charge on any atom is -0.337 e. The van der Waals surface area contributed by atoms with E-state index in [0.29, 0.717) is 22.6 Å². The third-order valence-corrected chi connectivity index (χ3v) is 8.22. The molecular weight excluding hydrogens is 450 g/mol. The van der Waals surface area contributed by atoms with E-state index in [1.165, 1.54) is 22.2 Å². The molecule has 0 radical (unpaired) electrons. The summed E-state index contributed by atoms with van der Waals surface area (Å²) in [6, 6.07) is 15.5. The molecule has 0 saturated heterocycles. The molecule has 0 bridgehead atoms. The number of para-hydroxylation sites is 2. The van der Waals surface area contributed by atoms with Gasteiger partial charge in [-0.05, 0) is 67.5 Å². The number of thiophene rings is 1. The summed E-state index contributed by atoms with van der Waals surface area (Å²) in [4.78, 5) is 35.1. The van der Waals surface area contributed by atoms with E-state index in [2.05, 4.69) is 11.4 Å². The second kappa shape index (κ2) is 8.80. The molecule has 2 aromatic carbocycles. The van der Waals surface area contributed by atoms with Crippen LogP contribution in [-0.2, 0) is 17.8 Å². The van der Waals surface area contributed by atoms with Crippen LogP contribution in [0.25, 0.3) is 16.6 Å². The summed E-state index contributed by atoms with van der Waals surface area (Å²) in [6.07, 6.45) is 0.900. The van der Waals surface area contributed by atoms with Crippen molar-refractivity contribution in [3.63, 3.8) is 0 Å². The number of benzene rings is 2. The van der Waals surface area contributed by atoms with Crippen LogP contribution in [0, 0.1) is 13.8 Å². The molecule has 4 aromatic rings. The van der Waals surface area contributed by atoms with Gasteiger partial charge in [0.2, 0.25) is 5.91 Å². The molecule has 1 aliphatic heterocycles. The smallest absolute Gasteiger partial charge is 0.266 e. The monoisotopic (exact) mass is 475 g/mol. The van der Waals surface area contributed by atoms with Gasteiger partial charge in [-0.25, -0.2) is 4.98 Å². The standard InChI is InChI=1S/C26H25N3O2S2/c1-16-7-6-8-17(2)23(16)29-25(31)20-9-4-5-10-21(20)27-26(29)33-18(3)24(30)28-13-11-22-19(15-28)12-14-32-22/h4-10,12,14,18H,11,13,15H2,1-3H3. The Morgan fingerprint density at radius 3 is 2.64 bits per heavy atom. The Labute approximate surface area is 201 Å². The van der Waals surface area contributed by atoms with Gasteiger partial charge in [0.25, 0.3) is 5.56 Å². The Morgan fingerprint density at radius 2 is 1.85 bits per heavy atom. The highest BCUT2D eigenvalue weighted by atomic mass is 32.2. The molecule has 1 unspecified atom stereocenters. The average molecular weight is 476 g/mol. The van der Waals surface area contributed by atoms with E-state index < -0.39 is 0 Å². The lowest BCUT2D eigenvalue weighted by molar-refractivity contribution is -0.131. The number of fused-ring (bicyclic) bond motifs is 2. The summed E-state index contributed by atoms with van der Waals surface area (Å²) in [5, 5.41) is 2.85. The number of aromatic nitrogens is 2. The highest BCUT2D eigenvalue weighted by Crippen LogP contribution is 2.30. The largest absolute Gasteiger partial charge is 0.337 e. The molecule has 0 fully saturated rings. The van der Waals surface area contributed by atoms with E-state index in [-0.39, 0.29) is 16.7 Å². The first-order valence-corrected chi connectivity index (χ1v) is 12.8. The number of nitrogens with zero attached hydrogens (tertiary/aromatic N) is 3. The van der Waals surface area contributed by atoms with Gasteiger partial charge in [-0.15, -0.1) is 11.3 Å². The van der Waals surface area contributed by atoms with Gasteiger partial charge in [0.1, 0.15) is 0 Å². The first kappa shape index (κ1) is 21.9. The van der Waals surface area contributed by atoms with E-state index in [4.69, 9.17) is 4.98 Å². The molecule has 0 spiro atoms. The highest BCUT2D eigenvalue weighted by molar-refractivity contribution is 8.00. The summed E-state index contributed by atoms with van der Waals surface area (Å²) < 4.78 is 1.69. The highest BCUT2D eigenvalue weighted by Gasteiger charge is 2.28. The van der Waals surface area contributed by atoms with Gasteiger partial charge in [-0.1, -0.05) is 42.1 Å². The van der Waals surface area contributed by atoms with Gasteiger partial charge >= 0.3 is 0 Å². The van der Waals surface area contributed by atoms with Gasteiger partial charge < -0.3 is 4.90 Å². The Balaban J connectivity index is 1.55. The van der Waals surface area contributed by atoms with Crippen LogP contribution in [-0.4, -0.2) is 32.2 Å². The van der Waals surface area contributed by atoms with Crippen molar-refractivity contribution < 1.29 is 4.79 Å². The molecule has 1 aliphatic rings. The van der Waals surface area contributed by atoms with E-state index in [1.807, 2.05) is 68.1 Å². The lowest BCUT2D eigenvalue weighted by atomic mass is 10.1. The molecular formula is C26H25N3O2S2. The van der Waals surface area contributed by atoms with Gasteiger partial charge in [0, 0.05) is 18.0 Å².